The molecule has 7 heteroatoms. The Labute approximate surface area is 134 Å². The van der Waals surface area contributed by atoms with E-state index in [9.17, 15) is 9.59 Å². The summed E-state index contributed by atoms with van der Waals surface area (Å²) in [6, 6.07) is 4.70. The van der Waals surface area contributed by atoms with E-state index in [1.807, 2.05) is 0 Å². The first-order valence-corrected chi connectivity index (χ1v) is 7.39. The van der Waals surface area contributed by atoms with Crippen LogP contribution in [0.5, 0.6) is 11.5 Å². The van der Waals surface area contributed by atoms with Gasteiger partial charge in [0.2, 0.25) is 0 Å². The summed E-state index contributed by atoms with van der Waals surface area (Å²) in [7, 11) is 2.98. The Bertz CT molecular complexity index is 568. The Morgan fingerprint density at radius 3 is 2.52 bits per heavy atom. The highest BCUT2D eigenvalue weighted by atomic mass is 16.5. The minimum atomic E-state index is -1.04. The molecule has 1 aromatic rings. The van der Waals surface area contributed by atoms with E-state index in [0.717, 1.165) is 0 Å². The number of rotatable bonds is 6. The summed E-state index contributed by atoms with van der Waals surface area (Å²) in [5.74, 6) is -0.484. The summed E-state index contributed by atoms with van der Waals surface area (Å²) in [4.78, 5) is 25.4. The molecule has 0 saturated carbocycles. The number of methoxy groups -OCH3 is 2. The van der Waals surface area contributed by atoms with Crippen LogP contribution in [0.15, 0.2) is 18.2 Å². The molecule has 0 aliphatic carbocycles. The number of carbonyl (C=O) groups is 2. The van der Waals surface area contributed by atoms with E-state index in [2.05, 4.69) is 0 Å². The molecular weight excluding hydrogens is 302 g/mol. The van der Waals surface area contributed by atoms with Gasteiger partial charge in [-0.1, -0.05) is 0 Å². The standard InChI is InChI=1S/C16H21NO6/c1-21-12-3-4-13(14(9-12)22-2)16(20)17(10-15(18)19)11-5-7-23-8-6-11/h3-4,9,11H,5-8,10H2,1-2H3,(H,18,19). The minimum absolute atomic E-state index is 0.154. The fourth-order valence-electron chi connectivity index (χ4n) is 2.64. The number of hydrogen-bond acceptors (Lipinski definition) is 5. The molecule has 1 saturated heterocycles. The number of hydrogen-bond donors (Lipinski definition) is 1. The van der Waals surface area contributed by atoms with Gasteiger partial charge in [0.15, 0.2) is 0 Å². The lowest BCUT2D eigenvalue weighted by molar-refractivity contribution is -0.138. The van der Waals surface area contributed by atoms with Crippen LogP contribution in [0, 0.1) is 0 Å². The molecular formula is C16H21NO6. The van der Waals surface area contributed by atoms with E-state index in [4.69, 9.17) is 19.3 Å². The molecule has 1 heterocycles. The second-order valence-electron chi connectivity index (χ2n) is 5.24. The maximum Gasteiger partial charge on any atom is 0.323 e. The van der Waals surface area contributed by atoms with Crippen molar-refractivity contribution in [1.29, 1.82) is 0 Å². The van der Waals surface area contributed by atoms with Gasteiger partial charge in [-0.15, -0.1) is 0 Å². The summed E-state index contributed by atoms with van der Waals surface area (Å²) in [6.07, 6.45) is 1.25. The van der Waals surface area contributed by atoms with Crippen molar-refractivity contribution in [3.05, 3.63) is 23.8 Å². The van der Waals surface area contributed by atoms with Crippen LogP contribution >= 0.6 is 0 Å². The first-order valence-electron chi connectivity index (χ1n) is 7.39. The summed E-state index contributed by atoms with van der Waals surface area (Å²) in [5, 5.41) is 9.14. The van der Waals surface area contributed by atoms with Crippen molar-refractivity contribution in [2.45, 2.75) is 18.9 Å². The second kappa shape index (κ2) is 7.82. The van der Waals surface area contributed by atoms with Gasteiger partial charge in [0, 0.05) is 25.3 Å². The minimum Gasteiger partial charge on any atom is -0.497 e. The van der Waals surface area contributed by atoms with Crippen LogP contribution in [0.4, 0.5) is 0 Å². The van der Waals surface area contributed by atoms with Gasteiger partial charge in [-0.3, -0.25) is 9.59 Å². The van der Waals surface area contributed by atoms with Gasteiger partial charge in [-0.2, -0.15) is 0 Å². The Morgan fingerprint density at radius 2 is 1.96 bits per heavy atom. The zero-order valence-electron chi connectivity index (χ0n) is 13.3. The molecule has 23 heavy (non-hydrogen) atoms. The maximum atomic E-state index is 12.9. The molecule has 1 fully saturated rings. The number of carboxylic acids is 1. The van der Waals surface area contributed by atoms with Crippen molar-refractivity contribution in [3.63, 3.8) is 0 Å². The summed E-state index contributed by atoms with van der Waals surface area (Å²) < 4.78 is 15.7. The average molecular weight is 323 g/mol. The van der Waals surface area contributed by atoms with Crippen molar-refractivity contribution in [2.24, 2.45) is 0 Å². The van der Waals surface area contributed by atoms with Crippen molar-refractivity contribution in [3.8, 4) is 11.5 Å². The largest absolute Gasteiger partial charge is 0.497 e. The number of carbonyl (C=O) groups excluding carboxylic acids is 1. The number of benzene rings is 1. The predicted octanol–water partition coefficient (Wildman–Crippen LogP) is 1.41. The van der Waals surface area contributed by atoms with Crippen LogP contribution in [0.25, 0.3) is 0 Å². The number of nitrogens with zero attached hydrogens (tertiary/aromatic N) is 1. The molecule has 7 nitrogen and oxygen atoms in total. The van der Waals surface area contributed by atoms with Gasteiger partial charge in [0.05, 0.1) is 19.8 Å². The molecule has 0 aromatic heterocycles. The van der Waals surface area contributed by atoms with Gasteiger partial charge in [-0.05, 0) is 25.0 Å². The average Bonchev–Trinajstić information content (AvgIpc) is 2.59. The lowest BCUT2D eigenvalue weighted by Crippen LogP contribution is -2.46. The molecule has 1 aromatic carbocycles. The van der Waals surface area contributed by atoms with Gasteiger partial charge in [0.1, 0.15) is 18.0 Å². The van der Waals surface area contributed by atoms with Crippen LogP contribution in [0.3, 0.4) is 0 Å². The molecule has 1 aliphatic heterocycles. The number of carboxylic acid groups (broad SMARTS) is 1. The predicted molar refractivity (Wildman–Crippen MR) is 82.1 cm³/mol. The maximum absolute atomic E-state index is 12.9. The van der Waals surface area contributed by atoms with E-state index in [1.165, 1.54) is 19.1 Å². The van der Waals surface area contributed by atoms with Gasteiger partial charge in [-0.25, -0.2) is 0 Å². The van der Waals surface area contributed by atoms with Crippen LogP contribution in [0.2, 0.25) is 0 Å². The summed E-state index contributed by atoms with van der Waals surface area (Å²) in [6.45, 7) is 0.695. The highest BCUT2D eigenvalue weighted by Crippen LogP contribution is 2.27. The van der Waals surface area contributed by atoms with Gasteiger partial charge < -0.3 is 24.2 Å². The highest BCUT2D eigenvalue weighted by Gasteiger charge is 2.30. The lowest BCUT2D eigenvalue weighted by Gasteiger charge is -2.33. The van der Waals surface area contributed by atoms with E-state index in [-0.39, 0.29) is 18.5 Å². The van der Waals surface area contributed by atoms with Crippen LogP contribution in [0.1, 0.15) is 23.2 Å². The Balaban J connectivity index is 2.30. The molecule has 1 N–H and O–H groups in total. The lowest BCUT2D eigenvalue weighted by atomic mass is 10.0. The van der Waals surface area contributed by atoms with Crippen LogP contribution in [-0.4, -0.2) is 61.9 Å². The van der Waals surface area contributed by atoms with E-state index in [1.54, 1.807) is 18.2 Å². The fraction of sp³-hybridized carbons (Fsp3) is 0.500. The molecule has 0 radical (unpaired) electrons. The van der Waals surface area contributed by atoms with Crippen molar-refractivity contribution < 1.29 is 28.9 Å². The highest BCUT2D eigenvalue weighted by molar-refractivity contribution is 5.98. The van der Waals surface area contributed by atoms with Crippen LogP contribution < -0.4 is 9.47 Å². The zero-order valence-corrected chi connectivity index (χ0v) is 13.3. The quantitative estimate of drug-likeness (QED) is 0.852. The Morgan fingerprint density at radius 1 is 1.26 bits per heavy atom. The summed E-state index contributed by atoms with van der Waals surface area (Å²) in [5.41, 5.74) is 0.320. The molecule has 0 unspecified atom stereocenters. The molecule has 0 atom stereocenters. The Kier molecular flexibility index (Phi) is 5.81. The topological polar surface area (TPSA) is 85.3 Å². The molecule has 2 rings (SSSR count). The van der Waals surface area contributed by atoms with Gasteiger partial charge >= 0.3 is 5.97 Å². The van der Waals surface area contributed by atoms with E-state index in [0.29, 0.717) is 43.1 Å². The monoisotopic (exact) mass is 323 g/mol. The number of amides is 1. The first-order chi connectivity index (χ1) is 11.1. The Hall–Kier alpha value is -2.28. The molecule has 126 valence electrons. The van der Waals surface area contributed by atoms with Gasteiger partial charge in [0.25, 0.3) is 5.91 Å². The SMILES string of the molecule is COc1ccc(C(=O)N(CC(=O)O)C2CCOCC2)c(OC)c1. The van der Waals surface area contributed by atoms with E-state index < -0.39 is 5.97 Å². The normalized spacial score (nSPS) is 15.0. The third kappa shape index (κ3) is 4.13. The smallest absolute Gasteiger partial charge is 0.323 e. The number of aliphatic carboxylic acids is 1. The number of ether oxygens (including phenoxy) is 3. The first kappa shape index (κ1) is 17.1. The zero-order chi connectivity index (χ0) is 16.8. The fourth-order valence-corrected chi connectivity index (χ4v) is 2.64. The van der Waals surface area contributed by atoms with E-state index >= 15 is 0 Å². The summed E-state index contributed by atoms with van der Waals surface area (Å²) >= 11 is 0. The third-order valence-electron chi connectivity index (χ3n) is 3.84. The molecule has 1 aliphatic rings. The molecule has 1 amide bonds. The second-order valence-corrected chi connectivity index (χ2v) is 5.24. The molecule has 0 spiro atoms. The van der Waals surface area contributed by atoms with Crippen molar-refractivity contribution in [2.75, 3.05) is 34.0 Å². The van der Waals surface area contributed by atoms with Crippen molar-refractivity contribution >= 4 is 11.9 Å². The van der Waals surface area contributed by atoms with Crippen molar-refractivity contribution in [1.82, 2.24) is 4.90 Å². The third-order valence-corrected chi connectivity index (χ3v) is 3.84. The molecule has 0 bridgehead atoms. The van der Waals surface area contributed by atoms with Crippen LogP contribution in [-0.2, 0) is 9.53 Å².